The minimum atomic E-state index is -4.50. The molecule has 32 heavy (non-hydrogen) atoms. The number of unbranched alkanes of at least 4 members (excludes halogenated alkanes) is 6. The van der Waals surface area contributed by atoms with E-state index < -0.39 is 25.0 Å². The van der Waals surface area contributed by atoms with Crippen LogP contribution in [-0.4, -0.2) is 28.2 Å². The van der Waals surface area contributed by atoms with E-state index in [9.17, 15) is 28.7 Å². The molecule has 0 aliphatic carbocycles. The van der Waals surface area contributed by atoms with Gasteiger partial charge in [-0.1, -0.05) is 58.5 Å². The standard InChI is InChI=1S/C20H32N3O6P.2Na/c1-2-3-4-5-7-12-18(24)21-13-10-11-17-16-23(20(26)22-19(17)25)14-8-6-9-15-30(27,28)29;;/h16H,2-9,12-15H2,1H3,(H,21,24)(H,22,25,26)(H2,27,28,29);;/q;2*+1/p-2. The van der Waals surface area contributed by atoms with Crippen LogP contribution >= 0.6 is 7.60 Å². The van der Waals surface area contributed by atoms with Crippen LogP contribution in [0.15, 0.2) is 15.8 Å². The Bertz CT molecular complexity index is 901. The molecule has 168 valence electrons. The van der Waals surface area contributed by atoms with Gasteiger partial charge in [0, 0.05) is 19.2 Å². The van der Waals surface area contributed by atoms with Crippen LogP contribution in [0, 0.1) is 11.8 Å². The van der Waals surface area contributed by atoms with Crippen LogP contribution in [-0.2, 0) is 15.9 Å². The molecule has 9 nitrogen and oxygen atoms in total. The van der Waals surface area contributed by atoms with Gasteiger partial charge in [-0.2, -0.15) is 0 Å². The number of carbonyl (C=O) groups excluding carboxylic acids is 1. The van der Waals surface area contributed by atoms with E-state index in [2.05, 4.69) is 29.1 Å². The SMILES string of the molecule is CCCCCCCC(=O)NCC#Cc1cn(CCCCCP(=O)([O-])[O-])c(=O)[nH]c1=O.[Na+].[Na+]. The van der Waals surface area contributed by atoms with Crippen molar-refractivity contribution >= 4 is 13.5 Å². The molecule has 0 fully saturated rings. The number of nitrogens with zero attached hydrogens (tertiary/aromatic N) is 1. The van der Waals surface area contributed by atoms with Gasteiger partial charge in [0.25, 0.3) is 5.56 Å². The third-order valence-corrected chi connectivity index (χ3v) is 5.31. The second-order valence-corrected chi connectivity index (χ2v) is 8.80. The molecule has 1 aromatic heterocycles. The summed E-state index contributed by atoms with van der Waals surface area (Å²) in [6, 6.07) is 0. The molecule has 0 saturated carbocycles. The maximum absolute atomic E-state index is 11.9. The van der Waals surface area contributed by atoms with Crippen molar-refractivity contribution in [3.05, 3.63) is 32.6 Å². The Morgan fingerprint density at radius 3 is 2.41 bits per heavy atom. The van der Waals surface area contributed by atoms with E-state index in [-0.39, 0.29) is 90.1 Å². The molecule has 0 spiro atoms. The van der Waals surface area contributed by atoms with Crippen LogP contribution in [0.25, 0.3) is 0 Å². The fraction of sp³-hybridized carbons (Fsp3) is 0.650. The summed E-state index contributed by atoms with van der Waals surface area (Å²) in [5.74, 6) is 5.28. The van der Waals surface area contributed by atoms with Gasteiger partial charge in [0.05, 0.1) is 6.54 Å². The molecule has 1 amide bonds. The first kappa shape index (κ1) is 34.0. The number of hydrogen-bond donors (Lipinski definition) is 2. The molecule has 1 heterocycles. The number of nitrogens with one attached hydrogen (secondary N) is 2. The molecule has 2 N–H and O–H groups in total. The number of aromatic nitrogens is 2. The Morgan fingerprint density at radius 1 is 1.09 bits per heavy atom. The Balaban J connectivity index is 0. The van der Waals surface area contributed by atoms with Crippen LogP contribution < -0.4 is 85.5 Å². The van der Waals surface area contributed by atoms with Gasteiger partial charge >= 0.3 is 64.8 Å². The predicted octanol–water partition coefficient (Wildman–Crippen LogP) is -5.54. The fourth-order valence-corrected chi connectivity index (χ4v) is 3.40. The molecule has 0 saturated heterocycles. The average molecular weight is 485 g/mol. The van der Waals surface area contributed by atoms with Crippen LogP contribution in [0.4, 0.5) is 0 Å². The maximum atomic E-state index is 11.9. The maximum Gasteiger partial charge on any atom is 1.00 e. The van der Waals surface area contributed by atoms with Gasteiger partial charge in [-0.25, -0.2) is 4.79 Å². The molecule has 0 radical (unpaired) electrons. The number of amides is 1. The zero-order valence-corrected chi connectivity index (χ0v) is 24.3. The van der Waals surface area contributed by atoms with Crippen molar-refractivity contribution in [1.82, 2.24) is 14.9 Å². The summed E-state index contributed by atoms with van der Waals surface area (Å²) < 4.78 is 11.9. The molecule has 1 aromatic rings. The predicted molar refractivity (Wildman–Crippen MR) is 111 cm³/mol. The number of carbonyl (C=O) groups is 1. The number of hydrogen-bond acceptors (Lipinski definition) is 6. The molecule has 0 atom stereocenters. The second kappa shape index (κ2) is 19.2. The summed E-state index contributed by atoms with van der Waals surface area (Å²) in [6.07, 6.45) is 7.87. The van der Waals surface area contributed by atoms with E-state index in [1.165, 1.54) is 17.2 Å². The molecular weight excluding hydrogens is 455 g/mol. The summed E-state index contributed by atoms with van der Waals surface area (Å²) in [6.45, 7) is 2.51. The minimum absolute atomic E-state index is 0. The number of rotatable bonds is 13. The van der Waals surface area contributed by atoms with Crippen molar-refractivity contribution in [3.8, 4) is 11.8 Å². The van der Waals surface area contributed by atoms with Gasteiger partial charge < -0.3 is 19.7 Å². The summed E-state index contributed by atoms with van der Waals surface area (Å²) in [5, 5.41) is 2.68. The van der Waals surface area contributed by atoms with Gasteiger partial charge in [-0.05, 0) is 25.4 Å². The van der Waals surface area contributed by atoms with E-state index in [0.29, 0.717) is 19.3 Å². The molecule has 0 unspecified atom stereocenters. The Morgan fingerprint density at radius 2 is 1.75 bits per heavy atom. The largest absolute Gasteiger partial charge is 1.00 e. The molecule has 1 rings (SSSR count). The molecule has 12 heteroatoms. The number of H-pyrrole nitrogens is 1. The first-order valence-electron chi connectivity index (χ1n) is 10.3. The zero-order valence-electron chi connectivity index (χ0n) is 19.4. The molecule has 0 bridgehead atoms. The normalized spacial score (nSPS) is 10.3. The third-order valence-electron chi connectivity index (χ3n) is 4.45. The van der Waals surface area contributed by atoms with Crippen LogP contribution in [0.1, 0.15) is 70.3 Å². The van der Waals surface area contributed by atoms with Crippen molar-refractivity contribution in [3.63, 3.8) is 0 Å². The second-order valence-electron chi connectivity index (χ2n) is 7.13. The van der Waals surface area contributed by atoms with E-state index in [0.717, 1.165) is 25.7 Å². The van der Waals surface area contributed by atoms with Gasteiger partial charge in [0.1, 0.15) is 5.56 Å². The van der Waals surface area contributed by atoms with E-state index in [1.807, 2.05) is 0 Å². The molecule has 0 aromatic carbocycles. The first-order valence-corrected chi connectivity index (χ1v) is 12.1. The van der Waals surface area contributed by atoms with E-state index in [1.54, 1.807) is 0 Å². The smallest absolute Gasteiger partial charge is 0.811 e. The fourth-order valence-electron chi connectivity index (χ4n) is 2.79. The first-order chi connectivity index (χ1) is 14.2. The van der Waals surface area contributed by atoms with E-state index in [4.69, 9.17) is 0 Å². The van der Waals surface area contributed by atoms with Gasteiger partial charge in [-0.3, -0.25) is 19.1 Å². The van der Waals surface area contributed by atoms with Gasteiger partial charge in [0.2, 0.25) is 5.91 Å². The van der Waals surface area contributed by atoms with E-state index >= 15 is 0 Å². The van der Waals surface area contributed by atoms with Crippen LogP contribution in [0.2, 0.25) is 0 Å². The van der Waals surface area contributed by atoms with Gasteiger partial charge in [0.15, 0.2) is 0 Å². The average Bonchev–Trinajstić information content (AvgIpc) is 2.66. The van der Waals surface area contributed by atoms with Crippen molar-refractivity contribution in [2.45, 2.75) is 71.3 Å². The van der Waals surface area contributed by atoms with Crippen molar-refractivity contribution in [2.24, 2.45) is 0 Å². The van der Waals surface area contributed by atoms with Crippen molar-refractivity contribution < 1.29 is 78.3 Å². The quantitative estimate of drug-likeness (QED) is 0.123. The van der Waals surface area contributed by atoms with Crippen LogP contribution in [0.3, 0.4) is 0 Å². The van der Waals surface area contributed by atoms with Crippen molar-refractivity contribution in [1.29, 1.82) is 0 Å². The monoisotopic (exact) mass is 485 g/mol. The minimum Gasteiger partial charge on any atom is -0.811 e. The molecule has 0 aliphatic heterocycles. The Labute approximate surface area is 233 Å². The Hall–Kier alpha value is -0.140. The van der Waals surface area contributed by atoms with Crippen molar-refractivity contribution in [2.75, 3.05) is 12.7 Å². The Kier molecular flexibility index (Phi) is 20.4. The third kappa shape index (κ3) is 16.5. The summed E-state index contributed by atoms with van der Waals surface area (Å²) in [4.78, 5) is 58.8. The number of aromatic amines is 1. The molecular formula is C20H30N3Na2O6P. The topological polar surface area (TPSA) is 147 Å². The molecule has 0 aliphatic rings. The summed E-state index contributed by atoms with van der Waals surface area (Å²) in [5.41, 5.74) is -1.09. The van der Waals surface area contributed by atoms with Crippen LogP contribution in [0.5, 0.6) is 0 Å². The van der Waals surface area contributed by atoms with Gasteiger partial charge in [-0.15, -0.1) is 0 Å². The zero-order chi connectivity index (χ0) is 22.4. The summed E-state index contributed by atoms with van der Waals surface area (Å²) in [7, 11) is -4.50. The summed E-state index contributed by atoms with van der Waals surface area (Å²) >= 11 is 0. The number of aryl methyl sites for hydroxylation is 1.